The third kappa shape index (κ3) is 5.78. The molecule has 1 fully saturated rings. The van der Waals surface area contributed by atoms with Gasteiger partial charge in [0.1, 0.15) is 11.6 Å². The number of hydrogen-bond donors (Lipinski definition) is 1. The molecule has 1 atom stereocenters. The molecule has 0 saturated carbocycles. The van der Waals surface area contributed by atoms with Crippen molar-refractivity contribution >= 4 is 11.8 Å². The monoisotopic (exact) mass is 489 g/mol. The molecule has 0 amide bonds. The van der Waals surface area contributed by atoms with Crippen molar-refractivity contribution in [1.82, 2.24) is 9.88 Å². The molecule has 0 unspecified atom stereocenters. The highest BCUT2D eigenvalue weighted by Crippen LogP contribution is 2.33. The van der Waals surface area contributed by atoms with Crippen molar-refractivity contribution in [3.63, 3.8) is 0 Å². The Kier molecular flexibility index (Phi) is 7.07. The summed E-state index contributed by atoms with van der Waals surface area (Å²) in [5.41, 5.74) is 2.35. The summed E-state index contributed by atoms with van der Waals surface area (Å²) < 4.78 is 44.5. The summed E-state index contributed by atoms with van der Waals surface area (Å²) in [6, 6.07) is 6.70. The van der Waals surface area contributed by atoms with Gasteiger partial charge in [-0.1, -0.05) is 19.9 Å². The Morgan fingerprint density at radius 2 is 2.03 bits per heavy atom. The smallest absolute Gasteiger partial charge is 0.417 e. The summed E-state index contributed by atoms with van der Waals surface area (Å²) in [5, 5.41) is 9.27. The van der Waals surface area contributed by atoms with Gasteiger partial charge in [-0.2, -0.15) is 13.2 Å². The van der Waals surface area contributed by atoms with Crippen LogP contribution >= 0.6 is 0 Å². The first-order valence-corrected chi connectivity index (χ1v) is 11.8. The number of carboxylic acids is 1. The number of carboxylic acid groups (broad SMARTS) is 1. The molecule has 1 saturated heterocycles. The zero-order valence-electron chi connectivity index (χ0n) is 20.1. The summed E-state index contributed by atoms with van der Waals surface area (Å²) in [7, 11) is 0. The van der Waals surface area contributed by atoms with Crippen molar-refractivity contribution in [2.75, 3.05) is 24.5 Å². The Balaban J connectivity index is 1.49. The number of allylic oxidation sites excluding steroid dienone is 1. The average Bonchev–Trinajstić information content (AvgIpc) is 2.78. The minimum Gasteiger partial charge on any atom is -0.475 e. The van der Waals surface area contributed by atoms with Crippen LogP contribution in [0, 0.1) is 12.8 Å². The van der Waals surface area contributed by atoms with Crippen LogP contribution in [0.4, 0.5) is 19.0 Å². The van der Waals surface area contributed by atoms with Gasteiger partial charge in [-0.15, -0.1) is 0 Å². The molecule has 0 bridgehead atoms. The van der Waals surface area contributed by atoms with E-state index in [1.165, 1.54) is 6.07 Å². The molecule has 4 rings (SSSR count). The van der Waals surface area contributed by atoms with Crippen LogP contribution in [0.25, 0.3) is 0 Å². The van der Waals surface area contributed by atoms with Crippen molar-refractivity contribution in [3.05, 3.63) is 64.6 Å². The lowest BCUT2D eigenvalue weighted by Gasteiger charge is -2.43. The molecular formula is C26H30F3N3O3. The zero-order chi connectivity index (χ0) is 25.3. The summed E-state index contributed by atoms with van der Waals surface area (Å²) >= 11 is 0. The van der Waals surface area contributed by atoms with Crippen LogP contribution in [0.15, 0.2) is 42.3 Å². The second-order valence-corrected chi connectivity index (χ2v) is 9.68. The lowest BCUT2D eigenvalue weighted by atomic mass is 9.97. The van der Waals surface area contributed by atoms with E-state index in [4.69, 9.17) is 4.74 Å². The molecule has 2 aliphatic rings. The van der Waals surface area contributed by atoms with E-state index in [1.807, 2.05) is 13.0 Å². The molecule has 1 N–H and O–H groups in total. The fraction of sp³-hybridized carbons (Fsp3) is 0.462. The van der Waals surface area contributed by atoms with E-state index in [9.17, 15) is 23.1 Å². The predicted octanol–water partition coefficient (Wildman–Crippen LogP) is 5.05. The van der Waals surface area contributed by atoms with Crippen molar-refractivity contribution in [2.24, 2.45) is 5.92 Å². The molecule has 3 heterocycles. The minimum absolute atomic E-state index is 0.0521. The highest BCUT2D eigenvalue weighted by molar-refractivity contribution is 5.85. The Bertz CT molecular complexity index is 1110. The third-order valence-corrected chi connectivity index (χ3v) is 6.50. The number of aryl methyl sites for hydroxylation is 1. The molecule has 2 aromatic rings. The lowest BCUT2D eigenvalue weighted by Crippen LogP contribution is -2.53. The van der Waals surface area contributed by atoms with Crippen molar-refractivity contribution in [3.8, 4) is 5.75 Å². The lowest BCUT2D eigenvalue weighted by molar-refractivity contribution is -0.138. The number of halogens is 3. The number of anilines is 1. The number of fused-ring (bicyclic) bond motifs is 1. The van der Waals surface area contributed by atoms with Gasteiger partial charge in [-0.3, -0.25) is 4.90 Å². The average molecular weight is 490 g/mol. The van der Waals surface area contributed by atoms with Gasteiger partial charge < -0.3 is 14.7 Å². The van der Waals surface area contributed by atoms with Crippen molar-refractivity contribution in [1.29, 1.82) is 0 Å². The van der Waals surface area contributed by atoms with Crippen LogP contribution in [0.1, 0.15) is 42.5 Å². The summed E-state index contributed by atoms with van der Waals surface area (Å²) in [5.74, 6) is 0.435. The summed E-state index contributed by atoms with van der Waals surface area (Å²) in [6.07, 6.45) is -0.498. The summed E-state index contributed by atoms with van der Waals surface area (Å²) in [4.78, 5) is 19.9. The van der Waals surface area contributed by atoms with E-state index in [-0.39, 0.29) is 11.8 Å². The number of aromatic nitrogens is 1. The van der Waals surface area contributed by atoms with Gasteiger partial charge in [0, 0.05) is 44.0 Å². The van der Waals surface area contributed by atoms with Crippen LogP contribution in [0.3, 0.4) is 0 Å². The quantitative estimate of drug-likeness (QED) is 0.613. The molecular weight excluding hydrogens is 459 g/mol. The molecule has 35 heavy (non-hydrogen) atoms. The number of piperazine rings is 1. The van der Waals surface area contributed by atoms with Gasteiger partial charge in [0.25, 0.3) is 0 Å². The van der Waals surface area contributed by atoms with E-state index in [2.05, 4.69) is 34.7 Å². The highest BCUT2D eigenvalue weighted by atomic mass is 19.4. The molecule has 6 nitrogen and oxygen atoms in total. The topological polar surface area (TPSA) is 65.9 Å². The first kappa shape index (κ1) is 25.0. The van der Waals surface area contributed by atoms with Gasteiger partial charge in [-0.25, -0.2) is 9.78 Å². The normalized spacial score (nSPS) is 18.8. The molecule has 2 aliphatic heterocycles. The third-order valence-electron chi connectivity index (χ3n) is 6.50. The Morgan fingerprint density at radius 3 is 2.66 bits per heavy atom. The fourth-order valence-corrected chi connectivity index (χ4v) is 4.88. The van der Waals surface area contributed by atoms with E-state index < -0.39 is 17.7 Å². The van der Waals surface area contributed by atoms with Gasteiger partial charge in [-0.05, 0) is 61.1 Å². The minimum atomic E-state index is -4.40. The fourth-order valence-electron chi connectivity index (χ4n) is 4.88. The van der Waals surface area contributed by atoms with E-state index in [1.54, 1.807) is 6.08 Å². The maximum absolute atomic E-state index is 13.0. The van der Waals surface area contributed by atoms with Crippen LogP contribution in [0.2, 0.25) is 0 Å². The number of hydrogen-bond acceptors (Lipinski definition) is 5. The summed E-state index contributed by atoms with van der Waals surface area (Å²) in [6.45, 7) is 9.08. The SMILES string of the molecule is Cc1cc(CN2CCN(c3ccc(C(F)(F)F)cn3)[C@H](CC(C)C)C2)cc2c1CC=C(C(=O)O)O2. The van der Waals surface area contributed by atoms with Crippen LogP contribution < -0.4 is 9.64 Å². The molecule has 1 aromatic heterocycles. The second kappa shape index (κ2) is 9.89. The largest absolute Gasteiger partial charge is 0.475 e. The van der Waals surface area contributed by atoms with Gasteiger partial charge >= 0.3 is 12.1 Å². The molecule has 0 spiro atoms. The van der Waals surface area contributed by atoms with E-state index in [0.29, 0.717) is 37.0 Å². The standard InChI is InChI=1S/C26H30F3N3O3/c1-16(2)10-20-15-31(8-9-32(20)24-7-4-19(13-30-24)26(27,28)29)14-18-11-17(3)21-5-6-22(25(33)34)35-23(21)12-18/h4,6-7,11-13,16,20H,5,8-10,14-15H2,1-3H3,(H,33,34)/t20-/m1/s1. The highest BCUT2D eigenvalue weighted by Gasteiger charge is 2.33. The van der Waals surface area contributed by atoms with Gasteiger partial charge in [0.05, 0.1) is 5.56 Å². The molecule has 188 valence electrons. The molecule has 1 aromatic carbocycles. The van der Waals surface area contributed by atoms with E-state index in [0.717, 1.165) is 48.5 Å². The molecule has 0 radical (unpaired) electrons. The maximum atomic E-state index is 13.0. The zero-order valence-corrected chi connectivity index (χ0v) is 20.1. The number of carbonyl (C=O) groups is 1. The van der Waals surface area contributed by atoms with Crippen LogP contribution in [0.5, 0.6) is 5.75 Å². The first-order valence-electron chi connectivity index (χ1n) is 11.8. The number of rotatable bonds is 6. The number of ether oxygens (including phenoxy) is 1. The first-order chi connectivity index (χ1) is 16.5. The second-order valence-electron chi connectivity index (χ2n) is 9.68. The van der Waals surface area contributed by atoms with E-state index >= 15 is 0 Å². The Morgan fingerprint density at radius 1 is 1.26 bits per heavy atom. The predicted molar refractivity (Wildman–Crippen MR) is 126 cm³/mol. The maximum Gasteiger partial charge on any atom is 0.417 e. The number of nitrogens with zero attached hydrogens (tertiary/aromatic N) is 3. The number of alkyl halides is 3. The number of benzene rings is 1. The number of aliphatic carboxylic acids is 1. The molecule has 9 heteroatoms. The Labute approximate surface area is 203 Å². The Hall–Kier alpha value is -3.07. The van der Waals surface area contributed by atoms with Crippen molar-refractivity contribution in [2.45, 2.75) is 52.4 Å². The van der Waals surface area contributed by atoms with Crippen LogP contribution in [-0.4, -0.2) is 46.6 Å². The molecule has 0 aliphatic carbocycles. The van der Waals surface area contributed by atoms with Crippen molar-refractivity contribution < 1.29 is 27.8 Å². The number of pyridine rings is 1. The van der Waals surface area contributed by atoms with Crippen LogP contribution in [-0.2, 0) is 23.9 Å². The van der Waals surface area contributed by atoms with Gasteiger partial charge in [0.15, 0.2) is 0 Å². The van der Waals surface area contributed by atoms with Gasteiger partial charge in [0.2, 0.25) is 5.76 Å².